The van der Waals surface area contributed by atoms with Crippen molar-refractivity contribution in [2.24, 2.45) is 5.73 Å². The molecule has 196 valence electrons. The van der Waals surface area contributed by atoms with Crippen LogP contribution in [0.2, 0.25) is 0 Å². The molecule has 3 amide bonds. The molecule has 3 rings (SSSR count). The molecule has 0 aliphatic carbocycles. The number of aliphatic hydroxyl groups is 1. The zero-order chi connectivity index (χ0) is 27.2. The van der Waals surface area contributed by atoms with Crippen molar-refractivity contribution in [3.8, 4) is 0 Å². The molecule has 3 aromatic rings. The predicted octanol–water partition coefficient (Wildman–Crippen LogP) is 1.99. The maximum atomic E-state index is 13.4. The van der Waals surface area contributed by atoms with Gasteiger partial charge in [-0.15, -0.1) is 0 Å². The smallest absolute Gasteiger partial charge is 0.254 e. The minimum atomic E-state index is -1.34. The number of fused-ring (bicyclic) bond motifs is 1. The van der Waals surface area contributed by atoms with Crippen molar-refractivity contribution in [2.75, 3.05) is 20.1 Å². The summed E-state index contributed by atoms with van der Waals surface area (Å²) in [4.78, 5) is 40.7. The lowest BCUT2D eigenvalue weighted by Crippen LogP contribution is -2.60. The van der Waals surface area contributed by atoms with Crippen LogP contribution < -0.4 is 16.4 Å². The van der Waals surface area contributed by atoms with Gasteiger partial charge in [0.05, 0.1) is 6.10 Å². The molecule has 8 nitrogen and oxygen atoms in total. The summed E-state index contributed by atoms with van der Waals surface area (Å²) in [6, 6.07) is 17.6. The number of carbonyl (C=O) groups excluding carboxylic acids is 3. The first kappa shape index (κ1) is 27.8. The van der Waals surface area contributed by atoms with Crippen molar-refractivity contribution in [2.45, 2.75) is 38.0 Å². The van der Waals surface area contributed by atoms with Gasteiger partial charge >= 0.3 is 0 Å². The maximum absolute atomic E-state index is 13.4. The monoisotopic (exact) mass is 508 g/mol. The maximum Gasteiger partial charge on any atom is 0.254 e. The number of benzene rings is 3. The van der Waals surface area contributed by atoms with Gasteiger partial charge in [0.15, 0.2) is 0 Å². The van der Waals surface area contributed by atoms with Crippen LogP contribution >= 0.6 is 0 Å². The van der Waals surface area contributed by atoms with Crippen LogP contribution in [-0.4, -0.2) is 65.5 Å². The Morgan fingerprint density at radius 1 is 1.03 bits per heavy atom. The van der Waals surface area contributed by atoms with Crippen LogP contribution in [0.4, 0.5) is 4.39 Å². The van der Waals surface area contributed by atoms with E-state index in [9.17, 15) is 23.9 Å². The molecule has 9 heteroatoms. The lowest BCUT2D eigenvalue weighted by molar-refractivity contribution is -0.134. The summed E-state index contributed by atoms with van der Waals surface area (Å²) in [5.74, 6) is -1.98. The van der Waals surface area contributed by atoms with Crippen molar-refractivity contribution < 1.29 is 23.9 Å². The van der Waals surface area contributed by atoms with Gasteiger partial charge in [0, 0.05) is 32.1 Å². The van der Waals surface area contributed by atoms with Gasteiger partial charge in [0.25, 0.3) is 5.91 Å². The third-order valence-electron chi connectivity index (χ3n) is 6.45. The zero-order valence-electron chi connectivity index (χ0n) is 21.2. The van der Waals surface area contributed by atoms with Crippen molar-refractivity contribution in [1.29, 1.82) is 0 Å². The fourth-order valence-corrected chi connectivity index (χ4v) is 3.76. The van der Waals surface area contributed by atoms with E-state index in [0.717, 1.165) is 16.3 Å². The van der Waals surface area contributed by atoms with E-state index in [2.05, 4.69) is 10.6 Å². The molecule has 0 aromatic heterocycles. The van der Waals surface area contributed by atoms with Crippen LogP contribution in [0.1, 0.15) is 29.8 Å². The molecule has 0 heterocycles. The highest BCUT2D eigenvalue weighted by Gasteiger charge is 2.37. The van der Waals surface area contributed by atoms with Gasteiger partial charge in [-0.05, 0) is 54.4 Å². The molecule has 0 saturated heterocycles. The number of nitrogens with zero attached hydrogens (tertiary/aromatic N) is 1. The highest BCUT2D eigenvalue weighted by molar-refractivity contribution is 5.99. The predicted molar refractivity (Wildman–Crippen MR) is 140 cm³/mol. The van der Waals surface area contributed by atoms with E-state index in [0.29, 0.717) is 0 Å². The molecule has 0 spiro atoms. The Morgan fingerprint density at radius 2 is 1.68 bits per heavy atom. The van der Waals surface area contributed by atoms with Crippen molar-refractivity contribution in [3.05, 3.63) is 83.7 Å². The highest BCUT2D eigenvalue weighted by atomic mass is 19.1. The molecule has 3 aromatic carbocycles. The van der Waals surface area contributed by atoms with Gasteiger partial charge in [0.1, 0.15) is 17.4 Å². The van der Waals surface area contributed by atoms with Gasteiger partial charge in [-0.1, -0.05) is 42.5 Å². The molecule has 0 bridgehead atoms. The largest absolute Gasteiger partial charge is 0.390 e. The topological polar surface area (TPSA) is 125 Å². The number of nitrogens with two attached hydrogens (primary N) is 1. The molecule has 0 fully saturated rings. The fourth-order valence-electron chi connectivity index (χ4n) is 3.76. The van der Waals surface area contributed by atoms with Crippen LogP contribution in [0.5, 0.6) is 0 Å². The summed E-state index contributed by atoms with van der Waals surface area (Å²) in [6.07, 6.45) is -0.732. The Balaban J connectivity index is 1.81. The Bertz CT molecular complexity index is 1260. The van der Waals surface area contributed by atoms with Gasteiger partial charge in [-0.3, -0.25) is 14.4 Å². The second-order valence-corrected chi connectivity index (χ2v) is 9.48. The summed E-state index contributed by atoms with van der Waals surface area (Å²) in [5.41, 5.74) is 5.15. The van der Waals surface area contributed by atoms with Crippen LogP contribution in [-0.2, 0) is 16.0 Å². The minimum Gasteiger partial charge on any atom is -0.390 e. The van der Waals surface area contributed by atoms with Crippen LogP contribution in [0.15, 0.2) is 66.7 Å². The first-order valence-corrected chi connectivity index (χ1v) is 12.0. The Labute approximate surface area is 215 Å². The molecule has 2 atom stereocenters. The third kappa shape index (κ3) is 6.90. The first-order chi connectivity index (χ1) is 17.5. The van der Waals surface area contributed by atoms with Crippen LogP contribution in [0.3, 0.4) is 0 Å². The van der Waals surface area contributed by atoms with E-state index in [-0.39, 0.29) is 25.1 Å². The number of halogens is 1. The standard InChI is InChI=1S/C28H33FN4O4/c1-28(2,33(3)26(36)20-10-12-22(29)13-11-20)27(37)32-24(25(35)31-17-23(34)16-30)15-18-8-9-19-6-4-5-7-21(19)14-18/h4-14,23-24,34H,15-17,30H2,1-3H3,(H,31,35)(H,32,37)/t23?,24-/m1/s1. The van der Waals surface area contributed by atoms with Crippen LogP contribution in [0, 0.1) is 5.82 Å². The van der Waals surface area contributed by atoms with E-state index in [1.165, 1.54) is 36.2 Å². The Morgan fingerprint density at radius 3 is 2.32 bits per heavy atom. The summed E-state index contributed by atoms with van der Waals surface area (Å²) in [5, 5.41) is 17.2. The SMILES string of the molecule is CN(C(=O)c1ccc(F)cc1)C(C)(C)C(=O)N[C@H](Cc1ccc2ccccc2c1)C(=O)NCC(O)CN. The van der Waals surface area contributed by atoms with E-state index in [1.807, 2.05) is 42.5 Å². The van der Waals surface area contributed by atoms with E-state index < -0.39 is 41.2 Å². The molecule has 0 aliphatic rings. The molecule has 0 aliphatic heterocycles. The molecule has 37 heavy (non-hydrogen) atoms. The molecular formula is C28H33FN4O4. The van der Waals surface area contributed by atoms with Crippen LogP contribution in [0.25, 0.3) is 10.8 Å². The quantitative estimate of drug-likeness (QED) is 0.333. The van der Waals surface area contributed by atoms with Gasteiger partial charge < -0.3 is 26.4 Å². The van der Waals surface area contributed by atoms with E-state index in [1.54, 1.807) is 13.8 Å². The zero-order valence-corrected chi connectivity index (χ0v) is 21.2. The Kier molecular flexibility index (Phi) is 8.96. The van der Waals surface area contributed by atoms with E-state index >= 15 is 0 Å². The van der Waals surface area contributed by atoms with Crippen molar-refractivity contribution in [3.63, 3.8) is 0 Å². The lowest BCUT2D eigenvalue weighted by Gasteiger charge is -2.35. The van der Waals surface area contributed by atoms with Gasteiger partial charge in [-0.2, -0.15) is 0 Å². The molecular weight excluding hydrogens is 475 g/mol. The molecule has 5 N–H and O–H groups in total. The molecule has 1 unspecified atom stereocenters. The third-order valence-corrected chi connectivity index (χ3v) is 6.45. The number of amides is 3. The Hall–Kier alpha value is -3.82. The fraction of sp³-hybridized carbons (Fsp3) is 0.321. The molecule has 0 radical (unpaired) electrons. The summed E-state index contributed by atoms with van der Waals surface area (Å²) < 4.78 is 13.3. The number of aliphatic hydroxyl groups excluding tert-OH is 1. The average molecular weight is 509 g/mol. The minimum absolute atomic E-state index is 0.0225. The van der Waals surface area contributed by atoms with Crippen molar-refractivity contribution >= 4 is 28.5 Å². The summed E-state index contributed by atoms with van der Waals surface area (Å²) in [7, 11) is 1.47. The normalized spacial score (nSPS) is 13.0. The summed E-state index contributed by atoms with van der Waals surface area (Å²) in [6.45, 7) is 3.04. The number of hydrogen-bond acceptors (Lipinski definition) is 5. The molecule has 0 saturated carbocycles. The number of likely N-dealkylation sites (N-methyl/N-ethyl adjacent to an activating group) is 1. The lowest BCUT2D eigenvalue weighted by atomic mass is 9.97. The number of nitrogens with one attached hydrogen (secondary N) is 2. The van der Waals surface area contributed by atoms with Crippen molar-refractivity contribution in [1.82, 2.24) is 15.5 Å². The van der Waals surface area contributed by atoms with E-state index in [4.69, 9.17) is 5.73 Å². The number of hydrogen-bond donors (Lipinski definition) is 4. The van der Waals surface area contributed by atoms with Gasteiger partial charge in [-0.25, -0.2) is 4.39 Å². The second kappa shape index (κ2) is 11.9. The first-order valence-electron chi connectivity index (χ1n) is 12.0. The average Bonchev–Trinajstić information content (AvgIpc) is 2.90. The highest BCUT2D eigenvalue weighted by Crippen LogP contribution is 2.19. The summed E-state index contributed by atoms with van der Waals surface area (Å²) >= 11 is 0. The number of rotatable bonds is 10. The second-order valence-electron chi connectivity index (χ2n) is 9.48. The van der Waals surface area contributed by atoms with Gasteiger partial charge in [0.2, 0.25) is 11.8 Å². The number of carbonyl (C=O) groups is 3.